The van der Waals surface area contributed by atoms with Crippen molar-refractivity contribution >= 4 is 17.3 Å². The summed E-state index contributed by atoms with van der Waals surface area (Å²) in [4.78, 5) is 18.9. The number of pyridine rings is 1. The molecule has 1 amide bonds. The monoisotopic (exact) mass is 482 g/mol. The van der Waals surface area contributed by atoms with Crippen molar-refractivity contribution in [2.24, 2.45) is 0 Å². The molecule has 0 radical (unpaired) electrons. The average molecular weight is 483 g/mol. The fraction of sp³-hybridized carbons (Fsp3) is 0.333. The van der Waals surface area contributed by atoms with Crippen molar-refractivity contribution in [2.45, 2.75) is 37.9 Å². The molecule has 0 unspecified atom stereocenters. The van der Waals surface area contributed by atoms with Gasteiger partial charge in [0.25, 0.3) is 5.91 Å². The molecule has 1 aliphatic rings. The normalized spacial score (nSPS) is 14.7. The number of amides is 1. The fourth-order valence-corrected chi connectivity index (χ4v) is 4.31. The van der Waals surface area contributed by atoms with Crippen molar-refractivity contribution < 1.29 is 18.0 Å². The number of carbonyl (C=O) groups excluding carboxylic acids is 1. The van der Waals surface area contributed by atoms with Crippen molar-refractivity contribution in [1.82, 2.24) is 10.3 Å². The maximum absolute atomic E-state index is 13.0. The Morgan fingerprint density at radius 1 is 1.00 bits per heavy atom. The lowest BCUT2D eigenvalue weighted by Gasteiger charge is -2.34. The van der Waals surface area contributed by atoms with Gasteiger partial charge < -0.3 is 15.5 Å². The van der Waals surface area contributed by atoms with Gasteiger partial charge in [0.05, 0.1) is 5.56 Å². The van der Waals surface area contributed by atoms with Gasteiger partial charge >= 0.3 is 6.18 Å². The highest BCUT2D eigenvalue weighted by molar-refractivity contribution is 6.04. The first-order valence-electron chi connectivity index (χ1n) is 11.8. The highest BCUT2D eigenvalue weighted by Gasteiger charge is 2.31. The molecule has 1 aromatic heterocycles. The second-order valence-electron chi connectivity index (χ2n) is 8.76. The van der Waals surface area contributed by atoms with Gasteiger partial charge in [0.2, 0.25) is 0 Å². The van der Waals surface area contributed by atoms with E-state index in [2.05, 4.69) is 32.7 Å². The Bertz CT molecular complexity index is 1110. The number of anilines is 2. The molecule has 0 bridgehead atoms. The Balaban J connectivity index is 1.26. The van der Waals surface area contributed by atoms with Crippen LogP contribution in [0, 0.1) is 0 Å². The number of piperidine rings is 1. The van der Waals surface area contributed by atoms with E-state index in [1.165, 1.54) is 17.7 Å². The van der Waals surface area contributed by atoms with Crippen LogP contribution in [0.5, 0.6) is 0 Å². The number of aromatic nitrogens is 1. The molecule has 0 saturated carbocycles. The smallest absolute Gasteiger partial charge is 0.371 e. The molecule has 0 atom stereocenters. The third-order valence-corrected chi connectivity index (χ3v) is 6.24. The fourth-order valence-electron chi connectivity index (χ4n) is 4.31. The second kappa shape index (κ2) is 11.4. The zero-order chi connectivity index (χ0) is 24.7. The lowest BCUT2D eigenvalue weighted by molar-refractivity contribution is -0.137. The first-order valence-corrected chi connectivity index (χ1v) is 11.8. The van der Waals surface area contributed by atoms with E-state index in [1.807, 2.05) is 30.6 Å². The van der Waals surface area contributed by atoms with Gasteiger partial charge in [-0.05, 0) is 86.3 Å². The van der Waals surface area contributed by atoms with E-state index in [0.717, 1.165) is 63.1 Å². The van der Waals surface area contributed by atoms with Crippen LogP contribution in [0.1, 0.15) is 40.7 Å². The molecule has 1 fully saturated rings. The minimum absolute atomic E-state index is 0.0268. The van der Waals surface area contributed by atoms with Crippen LogP contribution in [0.4, 0.5) is 24.5 Å². The number of aryl methyl sites for hydroxylation is 1. The summed E-state index contributed by atoms with van der Waals surface area (Å²) < 4.78 is 38.9. The number of carbonyl (C=O) groups is 1. The van der Waals surface area contributed by atoms with Crippen LogP contribution in [0.3, 0.4) is 0 Å². The van der Waals surface area contributed by atoms with E-state index in [-0.39, 0.29) is 5.56 Å². The number of rotatable bonds is 8. The third kappa shape index (κ3) is 7.05. The molecule has 2 heterocycles. The Kier molecular flexibility index (Phi) is 8.02. The summed E-state index contributed by atoms with van der Waals surface area (Å²) in [6.07, 6.45) is 3.32. The summed E-state index contributed by atoms with van der Waals surface area (Å²) in [6, 6.07) is 16.5. The molecule has 0 aliphatic carbocycles. The second-order valence-corrected chi connectivity index (χ2v) is 8.76. The van der Waals surface area contributed by atoms with Gasteiger partial charge in [-0.15, -0.1) is 0 Å². The number of hydrogen-bond donors (Lipinski definition) is 2. The van der Waals surface area contributed by atoms with Crippen LogP contribution in [0.15, 0.2) is 73.1 Å². The van der Waals surface area contributed by atoms with E-state index >= 15 is 0 Å². The van der Waals surface area contributed by atoms with Crippen molar-refractivity contribution in [3.8, 4) is 0 Å². The van der Waals surface area contributed by atoms with Crippen LogP contribution in [0.25, 0.3) is 0 Å². The SMILES string of the molecule is O=C(Nc1cccc(N2CCC(NCCCc3ccncc3)CC2)c1)c1cccc(C(F)(F)F)c1. The lowest BCUT2D eigenvalue weighted by atomic mass is 10.0. The molecular formula is C27H29F3N4O. The van der Waals surface area contributed by atoms with Gasteiger partial charge in [0.15, 0.2) is 0 Å². The molecule has 1 aliphatic heterocycles. The number of nitrogens with one attached hydrogen (secondary N) is 2. The van der Waals surface area contributed by atoms with Crippen molar-refractivity contribution in [1.29, 1.82) is 0 Å². The number of halogens is 3. The summed E-state index contributed by atoms with van der Waals surface area (Å²) in [6.45, 7) is 2.77. The first kappa shape index (κ1) is 24.7. The van der Waals surface area contributed by atoms with Gasteiger partial charge in [0, 0.05) is 48.5 Å². The topological polar surface area (TPSA) is 57.3 Å². The summed E-state index contributed by atoms with van der Waals surface area (Å²) in [5.41, 5.74) is 1.98. The molecule has 8 heteroatoms. The largest absolute Gasteiger partial charge is 0.416 e. The highest BCUT2D eigenvalue weighted by atomic mass is 19.4. The molecule has 3 aromatic rings. The molecule has 4 rings (SSSR count). The zero-order valence-electron chi connectivity index (χ0n) is 19.4. The third-order valence-electron chi connectivity index (χ3n) is 6.24. The number of hydrogen-bond acceptors (Lipinski definition) is 4. The molecule has 2 aromatic carbocycles. The van der Waals surface area contributed by atoms with Gasteiger partial charge in [-0.2, -0.15) is 13.2 Å². The standard InChI is InChI=1S/C27H29F3N4O/c28-27(29,30)22-6-1-5-21(18-22)26(35)33-24-7-2-8-25(19-24)34-16-11-23(12-17-34)32-13-3-4-20-9-14-31-15-10-20/h1-2,5-10,14-15,18-19,23,32H,3-4,11-13,16-17H2,(H,33,35). The van der Waals surface area contributed by atoms with Crippen LogP contribution >= 0.6 is 0 Å². The molecule has 2 N–H and O–H groups in total. The maximum atomic E-state index is 13.0. The average Bonchev–Trinajstić information content (AvgIpc) is 2.87. The predicted octanol–water partition coefficient (Wildman–Crippen LogP) is 5.54. The Morgan fingerprint density at radius 3 is 2.49 bits per heavy atom. The van der Waals surface area contributed by atoms with Gasteiger partial charge in [-0.1, -0.05) is 12.1 Å². The van der Waals surface area contributed by atoms with Gasteiger partial charge in [-0.25, -0.2) is 0 Å². The van der Waals surface area contributed by atoms with E-state index in [0.29, 0.717) is 11.7 Å². The van der Waals surface area contributed by atoms with Crippen molar-refractivity contribution in [3.63, 3.8) is 0 Å². The molecule has 5 nitrogen and oxygen atoms in total. The molecule has 1 saturated heterocycles. The van der Waals surface area contributed by atoms with E-state index in [1.54, 1.807) is 6.07 Å². The minimum atomic E-state index is -4.49. The van der Waals surface area contributed by atoms with E-state index < -0.39 is 17.6 Å². The van der Waals surface area contributed by atoms with Crippen molar-refractivity contribution in [2.75, 3.05) is 29.9 Å². The van der Waals surface area contributed by atoms with Crippen LogP contribution in [0.2, 0.25) is 0 Å². The Morgan fingerprint density at radius 2 is 1.74 bits per heavy atom. The van der Waals surface area contributed by atoms with Gasteiger partial charge in [0.1, 0.15) is 0 Å². The molecule has 35 heavy (non-hydrogen) atoms. The quantitative estimate of drug-likeness (QED) is 0.414. The highest BCUT2D eigenvalue weighted by Crippen LogP contribution is 2.30. The summed E-state index contributed by atoms with van der Waals surface area (Å²) in [5.74, 6) is -0.567. The number of alkyl halides is 3. The van der Waals surface area contributed by atoms with E-state index in [4.69, 9.17) is 0 Å². The first-order chi connectivity index (χ1) is 16.9. The van der Waals surface area contributed by atoms with Crippen molar-refractivity contribution in [3.05, 3.63) is 89.7 Å². The Hall–Kier alpha value is -3.39. The van der Waals surface area contributed by atoms with Gasteiger partial charge in [-0.3, -0.25) is 9.78 Å². The van der Waals surface area contributed by atoms with Crippen LogP contribution < -0.4 is 15.5 Å². The number of benzene rings is 2. The molecule has 184 valence electrons. The van der Waals surface area contributed by atoms with Crippen LogP contribution in [-0.2, 0) is 12.6 Å². The molecular weight excluding hydrogens is 453 g/mol. The summed E-state index contributed by atoms with van der Waals surface area (Å²) in [7, 11) is 0. The number of nitrogens with zero attached hydrogens (tertiary/aromatic N) is 2. The minimum Gasteiger partial charge on any atom is -0.371 e. The van der Waals surface area contributed by atoms with Crippen LogP contribution in [-0.4, -0.2) is 36.6 Å². The summed E-state index contributed by atoms with van der Waals surface area (Å²) >= 11 is 0. The maximum Gasteiger partial charge on any atom is 0.416 e. The zero-order valence-corrected chi connectivity index (χ0v) is 19.4. The van der Waals surface area contributed by atoms with E-state index in [9.17, 15) is 18.0 Å². The molecule has 0 spiro atoms. The predicted molar refractivity (Wildman–Crippen MR) is 132 cm³/mol. The Labute approximate surface area is 203 Å². The summed E-state index contributed by atoms with van der Waals surface area (Å²) in [5, 5.41) is 6.38. The lowest BCUT2D eigenvalue weighted by Crippen LogP contribution is -2.42.